The van der Waals surface area contributed by atoms with Crippen LogP contribution in [0.15, 0.2) is 51.7 Å². The third-order valence-corrected chi connectivity index (χ3v) is 3.76. The van der Waals surface area contributed by atoms with Crippen LogP contribution in [0, 0.1) is 22.7 Å². The van der Waals surface area contributed by atoms with Gasteiger partial charge in [0.15, 0.2) is 0 Å². The zero-order valence-corrected chi connectivity index (χ0v) is 13.6. The largest absolute Gasteiger partial charge is 0.383 e. The van der Waals surface area contributed by atoms with Crippen LogP contribution in [0.3, 0.4) is 0 Å². The highest BCUT2D eigenvalue weighted by atomic mass is 79.9. The first-order chi connectivity index (χ1) is 10.0. The Bertz CT molecular complexity index is 656. The Balaban J connectivity index is 2.40. The minimum atomic E-state index is 0.197. The zero-order valence-electron chi connectivity index (χ0n) is 12.0. The van der Waals surface area contributed by atoms with E-state index < -0.39 is 0 Å². The number of nitrogens with zero attached hydrogens (tertiary/aromatic N) is 4. The molecule has 5 heteroatoms. The Kier molecular flexibility index (Phi) is 4.67. The molecule has 0 unspecified atom stereocenters. The van der Waals surface area contributed by atoms with E-state index in [9.17, 15) is 0 Å². The number of benzene rings is 1. The van der Waals surface area contributed by atoms with Crippen LogP contribution in [-0.4, -0.2) is 32.1 Å². The van der Waals surface area contributed by atoms with Gasteiger partial charge in [0.25, 0.3) is 0 Å². The van der Waals surface area contributed by atoms with Gasteiger partial charge in [-0.2, -0.15) is 10.5 Å². The number of halogens is 1. The first kappa shape index (κ1) is 15.2. The Hall–Kier alpha value is -2.24. The fraction of sp³-hybridized carbons (Fsp3) is 0.250. The average Bonchev–Trinajstić information content (AvgIpc) is 2.84. The van der Waals surface area contributed by atoms with Crippen molar-refractivity contribution in [2.24, 2.45) is 0 Å². The standard InChI is InChI=1S/C16H15BrN4/c1-20(2)9-13-10-21(11-16(13)12(7-18)8-19)15-5-3-14(17)4-6-15/h3-6,9H,10-11H2,1-2H3/b13-9-. The number of allylic oxidation sites excluding steroid dienone is 1. The molecule has 1 saturated heterocycles. The maximum absolute atomic E-state index is 9.14. The number of hydrogen-bond donors (Lipinski definition) is 0. The molecule has 1 heterocycles. The highest BCUT2D eigenvalue weighted by Gasteiger charge is 2.25. The molecule has 0 aliphatic carbocycles. The molecule has 0 radical (unpaired) electrons. The first-order valence-corrected chi connectivity index (χ1v) is 7.26. The van der Waals surface area contributed by atoms with Crippen LogP contribution in [-0.2, 0) is 0 Å². The summed E-state index contributed by atoms with van der Waals surface area (Å²) < 4.78 is 1.03. The van der Waals surface area contributed by atoms with Gasteiger partial charge in [-0.15, -0.1) is 0 Å². The van der Waals surface area contributed by atoms with Crippen molar-refractivity contribution >= 4 is 21.6 Å². The van der Waals surface area contributed by atoms with E-state index in [1.807, 2.05) is 61.6 Å². The van der Waals surface area contributed by atoms with Gasteiger partial charge in [-0.05, 0) is 29.8 Å². The van der Waals surface area contributed by atoms with Gasteiger partial charge in [0, 0.05) is 49.1 Å². The van der Waals surface area contributed by atoms with Gasteiger partial charge in [0.05, 0.1) is 0 Å². The molecule has 0 aromatic heterocycles. The molecule has 0 N–H and O–H groups in total. The summed E-state index contributed by atoms with van der Waals surface area (Å²) in [5.41, 5.74) is 3.11. The summed E-state index contributed by atoms with van der Waals surface area (Å²) in [7, 11) is 3.87. The second-order valence-corrected chi connectivity index (χ2v) is 5.94. The molecule has 2 rings (SSSR count). The van der Waals surface area contributed by atoms with E-state index in [0.717, 1.165) is 21.3 Å². The van der Waals surface area contributed by atoms with Gasteiger partial charge >= 0.3 is 0 Å². The Morgan fingerprint density at radius 1 is 1.19 bits per heavy atom. The van der Waals surface area contributed by atoms with Crippen LogP contribution in [0.25, 0.3) is 0 Å². The SMILES string of the molecule is CN(C)/C=C1/CN(c2ccc(Br)cc2)CC1=C(C#N)C#N. The van der Waals surface area contributed by atoms with Gasteiger partial charge in [-0.3, -0.25) is 0 Å². The first-order valence-electron chi connectivity index (χ1n) is 6.46. The fourth-order valence-corrected chi connectivity index (χ4v) is 2.58. The summed E-state index contributed by atoms with van der Waals surface area (Å²) in [6, 6.07) is 12.0. The smallest absolute Gasteiger partial charge is 0.135 e. The van der Waals surface area contributed by atoms with E-state index in [1.165, 1.54) is 0 Å². The Morgan fingerprint density at radius 2 is 1.81 bits per heavy atom. The second-order valence-electron chi connectivity index (χ2n) is 5.03. The van der Waals surface area contributed by atoms with Crippen molar-refractivity contribution in [2.75, 3.05) is 32.1 Å². The van der Waals surface area contributed by atoms with Crippen LogP contribution in [0.2, 0.25) is 0 Å². The maximum atomic E-state index is 9.14. The van der Waals surface area contributed by atoms with Crippen LogP contribution in [0.4, 0.5) is 5.69 Å². The van der Waals surface area contributed by atoms with Crippen molar-refractivity contribution in [3.8, 4) is 12.1 Å². The van der Waals surface area contributed by atoms with E-state index in [1.54, 1.807) is 0 Å². The molecule has 1 aliphatic heterocycles. The van der Waals surface area contributed by atoms with Crippen molar-refractivity contribution in [1.29, 1.82) is 10.5 Å². The van der Waals surface area contributed by atoms with Crippen LogP contribution in [0.1, 0.15) is 0 Å². The van der Waals surface area contributed by atoms with Gasteiger partial charge in [-0.25, -0.2) is 0 Å². The van der Waals surface area contributed by atoms with Crippen molar-refractivity contribution in [1.82, 2.24) is 4.90 Å². The zero-order chi connectivity index (χ0) is 15.4. The second kappa shape index (κ2) is 6.47. The number of anilines is 1. The fourth-order valence-electron chi connectivity index (χ4n) is 2.31. The van der Waals surface area contributed by atoms with E-state index >= 15 is 0 Å². The lowest BCUT2D eigenvalue weighted by Gasteiger charge is -2.17. The lowest BCUT2D eigenvalue weighted by Crippen LogP contribution is -2.18. The van der Waals surface area contributed by atoms with Crippen molar-refractivity contribution in [3.05, 3.63) is 51.7 Å². The molecule has 1 fully saturated rings. The number of hydrogen-bond acceptors (Lipinski definition) is 4. The molecular weight excluding hydrogens is 328 g/mol. The number of rotatable bonds is 2. The predicted octanol–water partition coefficient (Wildman–Crippen LogP) is 3.06. The maximum Gasteiger partial charge on any atom is 0.135 e. The van der Waals surface area contributed by atoms with E-state index in [2.05, 4.69) is 20.8 Å². The molecule has 0 saturated carbocycles. The summed E-state index contributed by atoms with van der Waals surface area (Å²) in [5, 5.41) is 18.3. The number of nitriles is 2. The van der Waals surface area contributed by atoms with Crippen molar-refractivity contribution in [3.63, 3.8) is 0 Å². The Morgan fingerprint density at radius 3 is 2.33 bits per heavy atom. The highest BCUT2D eigenvalue weighted by Crippen LogP contribution is 2.30. The molecule has 0 atom stereocenters. The average molecular weight is 343 g/mol. The minimum absolute atomic E-state index is 0.197. The third-order valence-electron chi connectivity index (χ3n) is 3.23. The molecule has 1 aliphatic rings. The summed E-state index contributed by atoms with van der Waals surface area (Å²) in [5.74, 6) is 0. The van der Waals surface area contributed by atoms with Gasteiger partial charge in [0.1, 0.15) is 17.7 Å². The molecule has 106 valence electrons. The normalized spacial score (nSPS) is 15.8. The van der Waals surface area contributed by atoms with Crippen LogP contribution < -0.4 is 4.90 Å². The van der Waals surface area contributed by atoms with Crippen molar-refractivity contribution < 1.29 is 0 Å². The molecule has 21 heavy (non-hydrogen) atoms. The molecule has 0 amide bonds. The summed E-state index contributed by atoms with van der Waals surface area (Å²) in [4.78, 5) is 4.10. The Labute approximate surface area is 133 Å². The molecule has 4 nitrogen and oxygen atoms in total. The topological polar surface area (TPSA) is 54.1 Å². The molecule has 1 aromatic rings. The lowest BCUT2D eigenvalue weighted by molar-refractivity contribution is 0.559. The van der Waals surface area contributed by atoms with Gasteiger partial charge in [-0.1, -0.05) is 15.9 Å². The van der Waals surface area contributed by atoms with E-state index in [-0.39, 0.29) is 5.57 Å². The molecule has 1 aromatic carbocycles. The lowest BCUT2D eigenvalue weighted by atomic mass is 10.1. The van der Waals surface area contributed by atoms with E-state index in [4.69, 9.17) is 10.5 Å². The van der Waals surface area contributed by atoms with E-state index in [0.29, 0.717) is 13.1 Å². The molecular formula is C16H15BrN4. The van der Waals surface area contributed by atoms with Crippen LogP contribution >= 0.6 is 15.9 Å². The predicted molar refractivity (Wildman–Crippen MR) is 86.4 cm³/mol. The monoisotopic (exact) mass is 342 g/mol. The third kappa shape index (κ3) is 3.45. The quantitative estimate of drug-likeness (QED) is 0.775. The molecule has 0 spiro atoms. The highest BCUT2D eigenvalue weighted by molar-refractivity contribution is 9.10. The summed E-state index contributed by atoms with van der Waals surface area (Å²) in [6.45, 7) is 1.28. The summed E-state index contributed by atoms with van der Waals surface area (Å²) in [6.07, 6.45) is 1.98. The minimum Gasteiger partial charge on any atom is -0.383 e. The van der Waals surface area contributed by atoms with Gasteiger partial charge in [0.2, 0.25) is 0 Å². The van der Waals surface area contributed by atoms with Gasteiger partial charge < -0.3 is 9.80 Å². The summed E-state index contributed by atoms with van der Waals surface area (Å²) >= 11 is 3.42. The van der Waals surface area contributed by atoms with Crippen molar-refractivity contribution in [2.45, 2.75) is 0 Å². The van der Waals surface area contributed by atoms with Crippen LogP contribution in [0.5, 0.6) is 0 Å². The molecule has 0 bridgehead atoms.